The highest BCUT2D eigenvalue weighted by Crippen LogP contribution is 2.37. The zero-order chi connectivity index (χ0) is 17.5. The van der Waals surface area contributed by atoms with E-state index in [1.807, 2.05) is 0 Å². The van der Waals surface area contributed by atoms with Gasteiger partial charge in [-0.15, -0.1) is 0 Å². The van der Waals surface area contributed by atoms with Crippen molar-refractivity contribution >= 4 is 0 Å². The summed E-state index contributed by atoms with van der Waals surface area (Å²) in [4.78, 5) is 0. The Hall–Kier alpha value is -0.0800. The SMILES string of the molecule is CCCCCCCCCCC(CCCCCCCC)C1(O)CCO1. The van der Waals surface area contributed by atoms with E-state index in [0.717, 1.165) is 25.9 Å². The van der Waals surface area contributed by atoms with Crippen molar-refractivity contribution in [1.82, 2.24) is 0 Å². The molecule has 2 atom stereocenters. The van der Waals surface area contributed by atoms with Crippen LogP contribution in [0.15, 0.2) is 0 Å². The quantitative estimate of drug-likeness (QED) is 0.289. The Balaban J connectivity index is 2.09. The van der Waals surface area contributed by atoms with Crippen LogP contribution in [0.5, 0.6) is 0 Å². The number of hydrogen-bond donors (Lipinski definition) is 1. The number of unbranched alkanes of at least 4 members (excludes halogenated alkanes) is 12. The van der Waals surface area contributed by atoms with E-state index in [4.69, 9.17) is 4.74 Å². The molecule has 2 nitrogen and oxygen atoms in total. The Bertz CT molecular complexity index is 273. The average Bonchev–Trinajstić information content (AvgIpc) is 2.56. The molecule has 1 aliphatic heterocycles. The molecule has 1 rings (SSSR count). The second kappa shape index (κ2) is 14.1. The van der Waals surface area contributed by atoms with Crippen molar-refractivity contribution in [2.24, 2.45) is 5.92 Å². The predicted octanol–water partition coefficient (Wildman–Crippen LogP) is 6.99. The predicted molar refractivity (Wildman–Crippen MR) is 104 cm³/mol. The summed E-state index contributed by atoms with van der Waals surface area (Å²) < 4.78 is 5.55. The zero-order valence-electron chi connectivity index (χ0n) is 16.7. The monoisotopic (exact) mass is 340 g/mol. The van der Waals surface area contributed by atoms with Crippen LogP contribution in [-0.2, 0) is 4.74 Å². The van der Waals surface area contributed by atoms with Crippen molar-refractivity contribution in [3.05, 3.63) is 0 Å². The van der Waals surface area contributed by atoms with E-state index >= 15 is 0 Å². The van der Waals surface area contributed by atoms with Crippen LogP contribution in [0.25, 0.3) is 0 Å². The number of aliphatic hydroxyl groups is 1. The van der Waals surface area contributed by atoms with Gasteiger partial charge in [0.05, 0.1) is 6.61 Å². The lowest BCUT2D eigenvalue weighted by molar-refractivity contribution is -0.312. The molecule has 24 heavy (non-hydrogen) atoms. The van der Waals surface area contributed by atoms with Gasteiger partial charge in [0.15, 0.2) is 5.79 Å². The summed E-state index contributed by atoms with van der Waals surface area (Å²) in [6.45, 7) is 5.29. The number of ether oxygens (including phenoxy) is 1. The summed E-state index contributed by atoms with van der Waals surface area (Å²) in [5.74, 6) is -0.401. The van der Waals surface area contributed by atoms with Gasteiger partial charge in [-0.25, -0.2) is 0 Å². The molecule has 0 aromatic heterocycles. The Labute approximate surface area is 151 Å². The highest BCUT2D eigenvalue weighted by Gasteiger charge is 2.42. The molecule has 0 radical (unpaired) electrons. The standard InChI is InChI=1S/C22H44O2/c1-3-5-7-9-11-12-14-16-18-21(22(23)19-20-24-22)17-15-13-10-8-6-4-2/h21,23H,3-20H2,1-2H3. The van der Waals surface area contributed by atoms with E-state index in [0.29, 0.717) is 5.92 Å². The molecule has 1 fully saturated rings. The van der Waals surface area contributed by atoms with Gasteiger partial charge < -0.3 is 9.84 Å². The Morgan fingerprint density at radius 1 is 0.708 bits per heavy atom. The lowest BCUT2D eigenvalue weighted by atomic mass is 9.83. The molecule has 0 aromatic carbocycles. The van der Waals surface area contributed by atoms with Crippen LogP contribution in [0.2, 0.25) is 0 Å². The molecule has 0 saturated carbocycles. The Kier molecular flexibility index (Phi) is 12.9. The van der Waals surface area contributed by atoms with E-state index < -0.39 is 5.79 Å². The summed E-state index contributed by atoms with van der Waals surface area (Å²) in [5.41, 5.74) is 0. The number of rotatable bonds is 17. The van der Waals surface area contributed by atoms with Crippen molar-refractivity contribution in [3.8, 4) is 0 Å². The van der Waals surface area contributed by atoms with Crippen LogP contribution in [0, 0.1) is 5.92 Å². The molecule has 0 bridgehead atoms. The van der Waals surface area contributed by atoms with E-state index in [2.05, 4.69) is 13.8 Å². The van der Waals surface area contributed by atoms with Gasteiger partial charge in [0.25, 0.3) is 0 Å². The first-order valence-electron chi connectivity index (χ1n) is 11.1. The third-order valence-corrected chi connectivity index (χ3v) is 5.76. The van der Waals surface area contributed by atoms with Gasteiger partial charge in [-0.3, -0.25) is 0 Å². The molecular weight excluding hydrogens is 296 g/mol. The molecule has 0 amide bonds. The summed E-state index contributed by atoms with van der Waals surface area (Å²) in [5, 5.41) is 10.6. The van der Waals surface area contributed by atoms with Crippen molar-refractivity contribution < 1.29 is 9.84 Å². The van der Waals surface area contributed by atoms with Gasteiger partial charge in [0.1, 0.15) is 0 Å². The minimum atomic E-state index is -0.773. The van der Waals surface area contributed by atoms with Crippen molar-refractivity contribution in [2.75, 3.05) is 6.61 Å². The molecule has 0 aliphatic carbocycles. The molecule has 0 spiro atoms. The van der Waals surface area contributed by atoms with E-state index in [1.54, 1.807) is 0 Å². The summed E-state index contributed by atoms with van der Waals surface area (Å²) >= 11 is 0. The maximum atomic E-state index is 10.6. The topological polar surface area (TPSA) is 29.5 Å². The molecule has 2 unspecified atom stereocenters. The van der Waals surface area contributed by atoms with Crippen LogP contribution in [0.3, 0.4) is 0 Å². The van der Waals surface area contributed by atoms with Crippen LogP contribution in [0.1, 0.15) is 123 Å². The van der Waals surface area contributed by atoms with Gasteiger partial charge in [-0.2, -0.15) is 0 Å². The lowest BCUT2D eigenvalue weighted by Crippen LogP contribution is -2.50. The summed E-state index contributed by atoms with van der Waals surface area (Å²) in [6, 6.07) is 0. The van der Waals surface area contributed by atoms with Gasteiger partial charge >= 0.3 is 0 Å². The molecule has 1 N–H and O–H groups in total. The third-order valence-electron chi connectivity index (χ3n) is 5.76. The average molecular weight is 341 g/mol. The molecular formula is C22H44O2. The maximum absolute atomic E-state index is 10.6. The Morgan fingerprint density at radius 2 is 1.08 bits per heavy atom. The summed E-state index contributed by atoms with van der Waals surface area (Å²) in [7, 11) is 0. The molecule has 0 aromatic rings. The fraction of sp³-hybridized carbons (Fsp3) is 1.00. The normalized spacial score (nSPS) is 21.6. The van der Waals surface area contributed by atoms with Crippen LogP contribution in [-0.4, -0.2) is 17.5 Å². The van der Waals surface area contributed by atoms with Gasteiger partial charge in [0.2, 0.25) is 0 Å². The lowest BCUT2D eigenvalue weighted by Gasteiger charge is -2.43. The summed E-state index contributed by atoms with van der Waals surface area (Å²) in [6.07, 6.45) is 22.0. The van der Waals surface area contributed by atoms with Gasteiger partial charge in [0, 0.05) is 12.3 Å². The third kappa shape index (κ3) is 9.42. The number of hydrogen-bond acceptors (Lipinski definition) is 2. The van der Waals surface area contributed by atoms with Gasteiger partial charge in [-0.05, 0) is 12.8 Å². The second-order valence-electron chi connectivity index (χ2n) is 7.96. The van der Waals surface area contributed by atoms with E-state index in [-0.39, 0.29) is 0 Å². The first-order valence-corrected chi connectivity index (χ1v) is 11.1. The molecule has 1 saturated heterocycles. The smallest absolute Gasteiger partial charge is 0.170 e. The van der Waals surface area contributed by atoms with Crippen LogP contribution in [0.4, 0.5) is 0 Å². The first-order chi connectivity index (χ1) is 11.7. The fourth-order valence-corrected chi connectivity index (χ4v) is 3.92. The van der Waals surface area contributed by atoms with Crippen LogP contribution >= 0.6 is 0 Å². The first kappa shape index (κ1) is 22.0. The molecule has 1 aliphatic rings. The second-order valence-corrected chi connectivity index (χ2v) is 7.96. The highest BCUT2D eigenvalue weighted by molar-refractivity contribution is 4.84. The maximum Gasteiger partial charge on any atom is 0.170 e. The Morgan fingerprint density at radius 3 is 1.42 bits per heavy atom. The highest BCUT2D eigenvalue weighted by atomic mass is 16.6. The molecule has 1 heterocycles. The van der Waals surface area contributed by atoms with Crippen molar-refractivity contribution in [3.63, 3.8) is 0 Å². The van der Waals surface area contributed by atoms with E-state index in [9.17, 15) is 5.11 Å². The molecule has 2 heteroatoms. The van der Waals surface area contributed by atoms with Crippen molar-refractivity contribution in [1.29, 1.82) is 0 Å². The fourth-order valence-electron chi connectivity index (χ4n) is 3.92. The minimum Gasteiger partial charge on any atom is -0.365 e. The van der Waals surface area contributed by atoms with E-state index in [1.165, 1.54) is 89.9 Å². The minimum absolute atomic E-state index is 0.373. The largest absolute Gasteiger partial charge is 0.365 e. The molecule has 144 valence electrons. The zero-order valence-corrected chi connectivity index (χ0v) is 16.7. The van der Waals surface area contributed by atoms with Crippen molar-refractivity contribution in [2.45, 2.75) is 129 Å². The van der Waals surface area contributed by atoms with Gasteiger partial charge in [-0.1, -0.05) is 104 Å². The van der Waals surface area contributed by atoms with Crippen LogP contribution < -0.4 is 0 Å².